The molecule has 0 N–H and O–H groups in total. The maximum absolute atomic E-state index is 12.2. The quantitative estimate of drug-likeness (QED) is 0.585. The minimum atomic E-state index is -0.459. The number of ether oxygens (including phenoxy) is 2. The molecule has 0 radical (unpaired) electrons. The van der Waals surface area contributed by atoms with Gasteiger partial charge in [-0.25, -0.2) is 0 Å². The fourth-order valence-electron chi connectivity index (χ4n) is 3.00. The lowest BCUT2D eigenvalue weighted by Crippen LogP contribution is -2.34. The summed E-state index contributed by atoms with van der Waals surface area (Å²) < 4.78 is 10.8. The van der Waals surface area contributed by atoms with Crippen LogP contribution in [0.5, 0.6) is 5.75 Å². The number of hydrogen-bond donors (Lipinski definition) is 0. The topological polar surface area (TPSA) is 35.5 Å². The summed E-state index contributed by atoms with van der Waals surface area (Å²) in [4.78, 5) is 12.2. The average Bonchev–Trinajstić information content (AvgIpc) is 2.98. The highest BCUT2D eigenvalue weighted by Crippen LogP contribution is 2.42. The normalized spacial score (nSPS) is 16.9. The zero-order chi connectivity index (χ0) is 14.4. The van der Waals surface area contributed by atoms with E-state index >= 15 is 0 Å². The summed E-state index contributed by atoms with van der Waals surface area (Å²) >= 11 is 0. The van der Waals surface area contributed by atoms with Crippen LogP contribution in [-0.2, 0) is 14.9 Å². The van der Waals surface area contributed by atoms with E-state index in [0.29, 0.717) is 0 Å². The van der Waals surface area contributed by atoms with Gasteiger partial charge in [-0.05, 0) is 37.0 Å². The Labute approximate surface area is 121 Å². The van der Waals surface area contributed by atoms with Crippen molar-refractivity contribution in [1.29, 1.82) is 0 Å². The number of unbranched alkanes of at least 4 members (excludes halogenated alkanes) is 1. The molecule has 2 rings (SSSR count). The van der Waals surface area contributed by atoms with E-state index in [1.165, 1.54) is 7.11 Å². The lowest BCUT2D eigenvalue weighted by Gasteiger charge is -2.26. The van der Waals surface area contributed by atoms with Crippen molar-refractivity contribution in [3.05, 3.63) is 29.8 Å². The Balaban J connectivity index is 2.21. The Morgan fingerprint density at radius 3 is 2.70 bits per heavy atom. The monoisotopic (exact) mass is 276 g/mol. The van der Waals surface area contributed by atoms with Gasteiger partial charge in [-0.1, -0.05) is 38.3 Å². The van der Waals surface area contributed by atoms with Gasteiger partial charge in [0.1, 0.15) is 5.75 Å². The predicted molar refractivity (Wildman–Crippen MR) is 79.0 cm³/mol. The first-order valence-electron chi connectivity index (χ1n) is 7.54. The lowest BCUT2D eigenvalue weighted by molar-refractivity contribution is -0.147. The van der Waals surface area contributed by atoms with E-state index < -0.39 is 5.41 Å². The van der Waals surface area contributed by atoms with E-state index in [4.69, 9.17) is 9.47 Å². The molecule has 0 aromatic heterocycles. The smallest absolute Gasteiger partial charge is 0.316 e. The zero-order valence-corrected chi connectivity index (χ0v) is 12.5. The van der Waals surface area contributed by atoms with Crippen molar-refractivity contribution in [2.45, 2.75) is 50.9 Å². The summed E-state index contributed by atoms with van der Waals surface area (Å²) in [5.74, 6) is 0.742. The number of hydrogen-bond acceptors (Lipinski definition) is 3. The summed E-state index contributed by atoms with van der Waals surface area (Å²) in [5, 5.41) is 0. The molecule has 3 nitrogen and oxygen atoms in total. The summed E-state index contributed by atoms with van der Waals surface area (Å²) in [6, 6.07) is 7.96. The first kappa shape index (κ1) is 14.9. The first-order chi connectivity index (χ1) is 9.73. The first-order valence-corrected chi connectivity index (χ1v) is 7.54. The van der Waals surface area contributed by atoms with E-state index in [0.717, 1.165) is 56.4 Å². The number of carbonyl (C=O) groups excluding carboxylic acids is 1. The van der Waals surface area contributed by atoms with Gasteiger partial charge in [0, 0.05) is 0 Å². The molecule has 0 unspecified atom stereocenters. The SMILES string of the molecule is CCCCOc1cccc(C2(C(=O)OC)CCCC2)c1. The maximum atomic E-state index is 12.2. The number of rotatable bonds is 6. The molecule has 1 fully saturated rings. The van der Waals surface area contributed by atoms with E-state index in [9.17, 15) is 4.79 Å². The Morgan fingerprint density at radius 1 is 1.30 bits per heavy atom. The minimum absolute atomic E-state index is 0.110. The summed E-state index contributed by atoms with van der Waals surface area (Å²) in [6.45, 7) is 2.87. The van der Waals surface area contributed by atoms with E-state index in [1.807, 2.05) is 24.3 Å². The van der Waals surface area contributed by atoms with Crippen molar-refractivity contribution < 1.29 is 14.3 Å². The standard InChI is InChI=1S/C17H24O3/c1-3-4-12-20-15-9-7-8-14(13-15)17(16(18)19-2)10-5-6-11-17/h7-9,13H,3-6,10-12H2,1-2H3. The third-order valence-corrected chi connectivity index (χ3v) is 4.19. The second-order valence-corrected chi connectivity index (χ2v) is 5.51. The van der Waals surface area contributed by atoms with Crippen molar-refractivity contribution in [2.75, 3.05) is 13.7 Å². The van der Waals surface area contributed by atoms with Crippen LogP contribution in [0, 0.1) is 0 Å². The third-order valence-electron chi connectivity index (χ3n) is 4.19. The molecule has 20 heavy (non-hydrogen) atoms. The maximum Gasteiger partial charge on any atom is 0.316 e. The van der Waals surface area contributed by atoms with E-state index in [1.54, 1.807) is 0 Å². The highest BCUT2D eigenvalue weighted by atomic mass is 16.5. The lowest BCUT2D eigenvalue weighted by atomic mass is 9.79. The predicted octanol–water partition coefficient (Wildman–Crippen LogP) is 3.85. The molecule has 0 amide bonds. The molecule has 0 heterocycles. The number of benzene rings is 1. The molecule has 0 saturated heterocycles. The Hall–Kier alpha value is -1.51. The average molecular weight is 276 g/mol. The van der Waals surface area contributed by atoms with Crippen molar-refractivity contribution in [3.8, 4) is 5.75 Å². The van der Waals surface area contributed by atoms with Crippen molar-refractivity contribution in [1.82, 2.24) is 0 Å². The van der Waals surface area contributed by atoms with Crippen LogP contribution in [0.25, 0.3) is 0 Å². The molecule has 0 aliphatic heterocycles. The molecular formula is C17H24O3. The number of esters is 1. The van der Waals surface area contributed by atoms with Gasteiger partial charge in [-0.2, -0.15) is 0 Å². The van der Waals surface area contributed by atoms with Crippen LogP contribution in [0.15, 0.2) is 24.3 Å². The highest BCUT2D eigenvalue weighted by Gasteiger charge is 2.43. The summed E-state index contributed by atoms with van der Waals surface area (Å²) in [6.07, 6.45) is 6.07. The molecular weight excluding hydrogens is 252 g/mol. The van der Waals surface area contributed by atoms with Gasteiger partial charge in [0.2, 0.25) is 0 Å². The number of carbonyl (C=O) groups is 1. The molecule has 0 atom stereocenters. The van der Waals surface area contributed by atoms with Crippen molar-refractivity contribution >= 4 is 5.97 Å². The Morgan fingerprint density at radius 2 is 2.05 bits per heavy atom. The van der Waals surface area contributed by atoms with Crippen LogP contribution >= 0.6 is 0 Å². The molecule has 1 aliphatic carbocycles. The fourth-order valence-corrected chi connectivity index (χ4v) is 3.00. The van der Waals surface area contributed by atoms with Gasteiger partial charge < -0.3 is 9.47 Å². The van der Waals surface area contributed by atoms with Crippen LogP contribution in [-0.4, -0.2) is 19.7 Å². The van der Waals surface area contributed by atoms with Gasteiger partial charge in [0.15, 0.2) is 0 Å². The van der Waals surface area contributed by atoms with Crippen molar-refractivity contribution in [3.63, 3.8) is 0 Å². The molecule has 3 heteroatoms. The highest BCUT2D eigenvalue weighted by molar-refractivity contribution is 5.83. The molecule has 1 saturated carbocycles. The number of methoxy groups -OCH3 is 1. The molecule has 110 valence electrons. The van der Waals surface area contributed by atoms with Gasteiger partial charge in [-0.3, -0.25) is 4.79 Å². The Bertz CT molecular complexity index is 447. The zero-order valence-electron chi connectivity index (χ0n) is 12.5. The van der Waals surface area contributed by atoms with Crippen LogP contribution in [0.1, 0.15) is 51.0 Å². The van der Waals surface area contributed by atoms with Gasteiger partial charge in [-0.15, -0.1) is 0 Å². The van der Waals surface area contributed by atoms with Crippen molar-refractivity contribution in [2.24, 2.45) is 0 Å². The van der Waals surface area contributed by atoms with E-state index in [-0.39, 0.29) is 5.97 Å². The van der Waals surface area contributed by atoms with Gasteiger partial charge in [0.25, 0.3) is 0 Å². The largest absolute Gasteiger partial charge is 0.494 e. The van der Waals surface area contributed by atoms with Crippen LogP contribution in [0.4, 0.5) is 0 Å². The molecule has 0 bridgehead atoms. The molecule has 1 aromatic rings. The summed E-state index contributed by atoms with van der Waals surface area (Å²) in [7, 11) is 1.48. The summed E-state index contributed by atoms with van der Waals surface area (Å²) in [5.41, 5.74) is 0.578. The van der Waals surface area contributed by atoms with Gasteiger partial charge >= 0.3 is 5.97 Å². The fraction of sp³-hybridized carbons (Fsp3) is 0.588. The molecule has 1 aromatic carbocycles. The van der Waals surface area contributed by atoms with Crippen LogP contribution < -0.4 is 4.74 Å². The Kier molecular flexibility index (Phi) is 5.05. The van der Waals surface area contributed by atoms with Gasteiger partial charge in [0.05, 0.1) is 19.1 Å². The molecule has 0 spiro atoms. The second-order valence-electron chi connectivity index (χ2n) is 5.51. The van der Waals surface area contributed by atoms with E-state index in [2.05, 4.69) is 6.92 Å². The molecule has 1 aliphatic rings. The van der Waals surface area contributed by atoms with Crippen LogP contribution in [0.2, 0.25) is 0 Å². The van der Waals surface area contributed by atoms with Crippen LogP contribution in [0.3, 0.4) is 0 Å². The third kappa shape index (κ3) is 2.97. The minimum Gasteiger partial charge on any atom is -0.494 e. The second kappa shape index (κ2) is 6.78.